The highest BCUT2D eigenvalue weighted by Gasteiger charge is 2.34. The number of carbonyl (C=O) groups excluding carboxylic acids is 1. The Kier molecular flexibility index (Phi) is 3.82. The van der Waals surface area contributed by atoms with Gasteiger partial charge >= 0.3 is 0 Å². The van der Waals surface area contributed by atoms with Crippen molar-refractivity contribution in [3.63, 3.8) is 0 Å². The molecule has 1 aliphatic heterocycles. The summed E-state index contributed by atoms with van der Waals surface area (Å²) < 4.78 is 7.06. The molecule has 0 aromatic carbocycles. The molecule has 5 heteroatoms. The molecule has 0 bridgehead atoms. The van der Waals surface area contributed by atoms with Crippen molar-refractivity contribution in [3.8, 4) is 0 Å². The van der Waals surface area contributed by atoms with Crippen molar-refractivity contribution in [2.75, 3.05) is 26.3 Å². The number of aryl methyl sites for hydroxylation is 1. The van der Waals surface area contributed by atoms with E-state index < -0.39 is 5.54 Å². The summed E-state index contributed by atoms with van der Waals surface area (Å²) in [7, 11) is 1.86. The summed E-state index contributed by atoms with van der Waals surface area (Å²) in [5.41, 5.74) is 0.545. The van der Waals surface area contributed by atoms with Gasteiger partial charge in [0.15, 0.2) is 5.78 Å². The summed E-state index contributed by atoms with van der Waals surface area (Å²) >= 11 is 0. The number of Topliss-reactive ketones (excluding diaryl/α,β-unsaturated/α-hetero) is 1. The van der Waals surface area contributed by atoms with Crippen molar-refractivity contribution in [2.45, 2.75) is 25.8 Å². The van der Waals surface area contributed by atoms with Gasteiger partial charge in [0, 0.05) is 32.8 Å². The molecule has 0 amide bonds. The van der Waals surface area contributed by atoms with E-state index in [0.717, 1.165) is 18.7 Å². The number of aromatic nitrogens is 2. The quantitative estimate of drug-likeness (QED) is 0.788. The number of rotatable bonds is 4. The molecule has 1 fully saturated rings. The van der Waals surface area contributed by atoms with Gasteiger partial charge < -0.3 is 4.74 Å². The van der Waals surface area contributed by atoms with Crippen molar-refractivity contribution >= 4 is 5.78 Å². The smallest absolute Gasteiger partial charge is 0.156 e. The molecule has 2 heterocycles. The van der Waals surface area contributed by atoms with Crippen LogP contribution in [0.2, 0.25) is 0 Å². The third-order valence-corrected chi connectivity index (χ3v) is 3.61. The Balaban J connectivity index is 2.02. The first-order valence-electron chi connectivity index (χ1n) is 6.34. The molecule has 2 rings (SSSR count). The number of hydrogen-bond acceptors (Lipinski definition) is 4. The van der Waals surface area contributed by atoms with Gasteiger partial charge in [-0.1, -0.05) is 0 Å². The second kappa shape index (κ2) is 5.20. The Bertz CT molecular complexity index is 420. The average Bonchev–Trinajstić information content (AvgIpc) is 2.76. The highest BCUT2D eigenvalue weighted by atomic mass is 16.5. The molecule has 0 aliphatic carbocycles. The molecule has 1 aliphatic rings. The number of ether oxygens (including phenoxy) is 1. The van der Waals surface area contributed by atoms with E-state index in [4.69, 9.17) is 4.74 Å². The predicted octanol–water partition coefficient (Wildman–Crippen LogP) is 0.642. The molecular formula is C13H21N3O2. The van der Waals surface area contributed by atoms with Crippen molar-refractivity contribution in [3.05, 3.63) is 18.0 Å². The number of carbonyl (C=O) groups is 1. The zero-order valence-corrected chi connectivity index (χ0v) is 11.3. The van der Waals surface area contributed by atoms with Gasteiger partial charge in [-0.15, -0.1) is 0 Å². The Hall–Kier alpha value is -1.20. The van der Waals surface area contributed by atoms with E-state index in [9.17, 15) is 4.79 Å². The van der Waals surface area contributed by atoms with Crippen LogP contribution in [0.15, 0.2) is 12.4 Å². The highest BCUT2D eigenvalue weighted by molar-refractivity contribution is 5.89. The van der Waals surface area contributed by atoms with Crippen molar-refractivity contribution in [1.82, 2.24) is 14.7 Å². The second-order valence-electron chi connectivity index (χ2n) is 5.28. The fraction of sp³-hybridized carbons (Fsp3) is 0.692. The number of nitrogens with zero attached hydrogens (tertiary/aromatic N) is 3. The summed E-state index contributed by atoms with van der Waals surface area (Å²) in [5, 5.41) is 4.10. The van der Waals surface area contributed by atoms with Crippen molar-refractivity contribution in [1.29, 1.82) is 0 Å². The Morgan fingerprint density at radius 3 is 2.67 bits per heavy atom. The Morgan fingerprint density at radius 2 is 2.11 bits per heavy atom. The lowest BCUT2D eigenvalue weighted by atomic mass is 9.92. The molecule has 0 radical (unpaired) electrons. The molecule has 1 aromatic rings. The van der Waals surface area contributed by atoms with E-state index in [1.165, 1.54) is 0 Å². The molecule has 0 saturated carbocycles. The molecule has 1 aromatic heterocycles. The van der Waals surface area contributed by atoms with E-state index in [-0.39, 0.29) is 5.78 Å². The number of ketones is 1. The number of hydrogen-bond donors (Lipinski definition) is 0. The summed E-state index contributed by atoms with van der Waals surface area (Å²) in [6.07, 6.45) is 4.10. The van der Waals surface area contributed by atoms with Crippen LogP contribution in [0, 0.1) is 0 Å². The first-order chi connectivity index (χ1) is 8.50. The van der Waals surface area contributed by atoms with Crippen LogP contribution in [0.3, 0.4) is 0 Å². The Labute approximate surface area is 108 Å². The minimum atomic E-state index is -0.431. The molecule has 5 nitrogen and oxygen atoms in total. The second-order valence-corrected chi connectivity index (χ2v) is 5.28. The first kappa shape index (κ1) is 13.2. The average molecular weight is 251 g/mol. The van der Waals surface area contributed by atoms with Crippen LogP contribution in [0.25, 0.3) is 0 Å². The van der Waals surface area contributed by atoms with Crippen LogP contribution in [0.5, 0.6) is 0 Å². The van der Waals surface area contributed by atoms with Crippen molar-refractivity contribution < 1.29 is 9.53 Å². The van der Waals surface area contributed by atoms with Gasteiger partial charge in [0.1, 0.15) is 0 Å². The minimum Gasteiger partial charge on any atom is -0.379 e. The van der Waals surface area contributed by atoms with Gasteiger partial charge in [0.2, 0.25) is 0 Å². The van der Waals surface area contributed by atoms with Crippen molar-refractivity contribution in [2.24, 2.45) is 7.05 Å². The monoisotopic (exact) mass is 251 g/mol. The normalized spacial score (nSPS) is 17.9. The maximum atomic E-state index is 12.4. The van der Waals surface area contributed by atoms with Gasteiger partial charge in [-0.05, 0) is 19.4 Å². The molecule has 0 N–H and O–H groups in total. The first-order valence-corrected chi connectivity index (χ1v) is 6.34. The van der Waals surface area contributed by atoms with Gasteiger partial charge in [-0.3, -0.25) is 14.4 Å². The third-order valence-electron chi connectivity index (χ3n) is 3.61. The zero-order valence-electron chi connectivity index (χ0n) is 11.3. The molecule has 0 spiro atoms. The van der Waals surface area contributed by atoms with E-state index in [1.807, 2.05) is 27.1 Å². The molecule has 100 valence electrons. The van der Waals surface area contributed by atoms with E-state index in [1.54, 1.807) is 10.9 Å². The van der Waals surface area contributed by atoms with Crippen LogP contribution in [0.4, 0.5) is 0 Å². The molecule has 1 saturated heterocycles. The van der Waals surface area contributed by atoms with Crippen LogP contribution in [-0.4, -0.2) is 52.3 Å². The van der Waals surface area contributed by atoms with E-state index >= 15 is 0 Å². The lowest BCUT2D eigenvalue weighted by Gasteiger charge is -2.39. The van der Waals surface area contributed by atoms with Crippen LogP contribution in [0.1, 0.15) is 19.4 Å². The largest absolute Gasteiger partial charge is 0.379 e. The maximum absolute atomic E-state index is 12.4. The highest BCUT2D eigenvalue weighted by Crippen LogP contribution is 2.19. The van der Waals surface area contributed by atoms with E-state index in [0.29, 0.717) is 19.6 Å². The number of morpholine rings is 1. The molecular weight excluding hydrogens is 230 g/mol. The van der Waals surface area contributed by atoms with Gasteiger partial charge in [-0.25, -0.2) is 0 Å². The molecule has 0 atom stereocenters. The molecule has 18 heavy (non-hydrogen) atoms. The van der Waals surface area contributed by atoms with Crippen LogP contribution >= 0.6 is 0 Å². The maximum Gasteiger partial charge on any atom is 0.156 e. The SMILES string of the molecule is Cn1cc(CC(=O)C(C)(C)N2CCOCC2)cn1. The fourth-order valence-corrected chi connectivity index (χ4v) is 2.26. The summed E-state index contributed by atoms with van der Waals surface area (Å²) in [4.78, 5) is 14.6. The minimum absolute atomic E-state index is 0.234. The fourth-order valence-electron chi connectivity index (χ4n) is 2.26. The predicted molar refractivity (Wildman–Crippen MR) is 68.4 cm³/mol. The Morgan fingerprint density at radius 1 is 1.44 bits per heavy atom. The summed E-state index contributed by atoms with van der Waals surface area (Å²) in [6.45, 7) is 7.07. The molecule has 0 unspecified atom stereocenters. The van der Waals surface area contributed by atoms with Gasteiger partial charge in [0.05, 0.1) is 24.9 Å². The third kappa shape index (κ3) is 2.79. The topological polar surface area (TPSA) is 47.4 Å². The standard InChI is InChI=1S/C13H21N3O2/c1-13(2,16-4-6-18-7-5-16)12(17)8-11-9-14-15(3)10-11/h9-10H,4-8H2,1-3H3. The summed E-state index contributed by atoms with van der Waals surface area (Å²) in [6, 6.07) is 0. The van der Waals surface area contributed by atoms with Gasteiger partial charge in [0.25, 0.3) is 0 Å². The van der Waals surface area contributed by atoms with Crippen LogP contribution in [-0.2, 0) is 23.0 Å². The lowest BCUT2D eigenvalue weighted by molar-refractivity contribution is -0.131. The van der Waals surface area contributed by atoms with Crippen LogP contribution < -0.4 is 0 Å². The lowest BCUT2D eigenvalue weighted by Crippen LogP contribution is -2.54. The zero-order chi connectivity index (χ0) is 13.2. The van der Waals surface area contributed by atoms with E-state index in [2.05, 4.69) is 10.00 Å². The summed E-state index contributed by atoms with van der Waals surface area (Å²) in [5.74, 6) is 0.234. The van der Waals surface area contributed by atoms with Gasteiger partial charge in [-0.2, -0.15) is 5.10 Å².